The van der Waals surface area contributed by atoms with Crippen molar-refractivity contribution in [2.24, 2.45) is 0 Å². The van der Waals surface area contributed by atoms with Gasteiger partial charge in [-0.05, 0) is 36.9 Å². The van der Waals surface area contributed by atoms with Gasteiger partial charge in [0.1, 0.15) is 11.6 Å². The molecule has 0 aromatic heterocycles. The van der Waals surface area contributed by atoms with Crippen LogP contribution in [0.1, 0.15) is 11.6 Å². The van der Waals surface area contributed by atoms with E-state index in [0.717, 1.165) is 5.56 Å². The first-order valence-electron chi connectivity index (χ1n) is 6.01. The van der Waals surface area contributed by atoms with Crippen molar-refractivity contribution in [2.75, 3.05) is 12.8 Å². The van der Waals surface area contributed by atoms with Crippen LogP contribution in [0.4, 0.5) is 8.78 Å². The zero-order chi connectivity index (χ0) is 13.7. The normalized spacial score (nSPS) is 12.4. The lowest BCUT2D eigenvalue weighted by Gasteiger charge is -2.16. The Bertz CT molecular complexity index is 528. The van der Waals surface area contributed by atoms with E-state index in [-0.39, 0.29) is 17.7 Å². The van der Waals surface area contributed by atoms with Gasteiger partial charge in [-0.2, -0.15) is 0 Å². The highest BCUT2D eigenvalue weighted by Gasteiger charge is 2.11. The molecule has 1 nitrogen and oxygen atoms in total. The molecule has 0 saturated carbocycles. The second kappa shape index (κ2) is 6.68. The highest BCUT2D eigenvalue weighted by molar-refractivity contribution is 7.99. The standard InChI is InChI=1S/C15H15F2NS/c1-18-14(11-6-8-12(16)9-7-11)10-19-15-5-3-2-4-13(15)17/h2-9,14,18H,10H2,1H3. The van der Waals surface area contributed by atoms with Gasteiger partial charge in [-0.1, -0.05) is 24.3 Å². The zero-order valence-corrected chi connectivity index (χ0v) is 11.4. The van der Waals surface area contributed by atoms with Crippen LogP contribution in [0.3, 0.4) is 0 Å². The molecule has 2 aromatic rings. The highest BCUT2D eigenvalue weighted by Crippen LogP contribution is 2.26. The molecule has 0 fully saturated rings. The predicted molar refractivity (Wildman–Crippen MR) is 75.3 cm³/mol. The van der Waals surface area contributed by atoms with Crippen molar-refractivity contribution in [3.05, 3.63) is 65.7 Å². The van der Waals surface area contributed by atoms with Crippen molar-refractivity contribution < 1.29 is 8.78 Å². The fourth-order valence-electron chi connectivity index (χ4n) is 1.78. The zero-order valence-electron chi connectivity index (χ0n) is 10.6. The van der Waals surface area contributed by atoms with Crippen molar-refractivity contribution in [3.8, 4) is 0 Å². The number of hydrogen-bond acceptors (Lipinski definition) is 2. The van der Waals surface area contributed by atoms with Crippen LogP contribution in [0.2, 0.25) is 0 Å². The quantitative estimate of drug-likeness (QED) is 0.830. The minimum Gasteiger partial charge on any atom is -0.312 e. The lowest BCUT2D eigenvalue weighted by molar-refractivity contribution is 0.600. The smallest absolute Gasteiger partial charge is 0.136 e. The number of thioether (sulfide) groups is 1. The lowest BCUT2D eigenvalue weighted by Crippen LogP contribution is -2.18. The van der Waals surface area contributed by atoms with Gasteiger partial charge in [-0.25, -0.2) is 8.78 Å². The fourth-order valence-corrected chi connectivity index (χ4v) is 2.86. The van der Waals surface area contributed by atoms with E-state index >= 15 is 0 Å². The Hall–Kier alpha value is -1.39. The summed E-state index contributed by atoms with van der Waals surface area (Å²) in [6.45, 7) is 0. The topological polar surface area (TPSA) is 12.0 Å². The summed E-state index contributed by atoms with van der Waals surface area (Å²) in [5, 5.41) is 3.16. The Morgan fingerprint density at radius 3 is 2.37 bits per heavy atom. The van der Waals surface area contributed by atoms with Gasteiger partial charge in [0, 0.05) is 16.7 Å². The van der Waals surface area contributed by atoms with Crippen molar-refractivity contribution in [2.45, 2.75) is 10.9 Å². The molecule has 1 N–H and O–H groups in total. The van der Waals surface area contributed by atoms with Crippen molar-refractivity contribution in [3.63, 3.8) is 0 Å². The number of nitrogens with one attached hydrogen (secondary N) is 1. The molecule has 0 saturated heterocycles. The molecule has 0 heterocycles. The molecule has 4 heteroatoms. The molecule has 2 rings (SSSR count). The summed E-state index contributed by atoms with van der Waals surface area (Å²) in [4.78, 5) is 0.630. The Balaban J connectivity index is 2.04. The van der Waals surface area contributed by atoms with E-state index in [9.17, 15) is 8.78 Å². The maximum Gasteiger partial charge on any atom is 0.136 e. The van der Waals surface area contributed by atoms with Crippen LogP contribution in [0.5, 0.6) is 0 Å². The average Bonchev–Trinajstić information content (AvgIpc) is 2.43. The van der Waals surface area contributed by atoms with Crippen LogP contribution in [-0.2, 0) is 0 Å². The van der Waals surface area contributed by atoms with Gasteiger partial charge in [0.05, 0.1) is 0 Å². The van der Waals surface area contributed by atoms with E-state index in [0.29, 0.717) is 10.6 Å². The molecule has 0 aliphatic carbocycles. The first-order valence-corrected chi connectivity index (χ1v) is 6.99. The molecule has 0 bridgehead atoms. The van der Waals surface area contributed by atoms with E-state index in [1.54, 1.807) is 24.3 Å². The third-order valence-electron chi connectivity index (χ3n) is 2.86. The summed E-state index contributed by atoms with van der Waals surface area (Å²) in [5.74, 6) is 0.227. The van der Waals surface area contributed by atoms with Crippen molar-refractivity contribution in [1.82, 2.24) is 5.32 Å². The maximum absolute atomic E-state index is 13.5. The fraction of sp³-hybridized carbons (Fsp3) is 0.200. The van der Waals surface area contributed by atoms with E-state index in [2.05, 4.69) is 5.32 Å². The Kier molecular flexibility index (Phi) is 4.93. The number of benzene rings is 2. The van der Waals surface area contributed by atoms with Crippen LogP contribution < -0.4 is 5.32 Å². The predicted octanol–water partition coefficient (Wildman–Crippen LogP) is 4.02. The van der Waals surface area contributed by atoms with Gasteiger partial charge in [-0.3, -0.25) is 0 Å². The largest absolute Gasteiger partial charge is 0.312 e. The van der Waals surface area contributed by atoms with E-state index in [1.807, 2.05) is 13.1 Å². The van der Waals surface area contributed by atoms with Gasteiger partial charge < -0.3 is 5.32 Å². The minimum absolute atomic E-state index is 0.0604. The lowest BCUT2D eigenvalue weighted by atomic mass is 10.1. The molecule has 2 aromatic carbocycles. The Labute approximate surface area is 116 Å². The van der Waals surface area contributed by atoms with E-state index in [1.165, 1.54) is 30.0 Å². The summed E-state index contributed by atoms with van der Waals surface area (Å²) in [7, 11) is 1.84. The van der Waals surface area contributed by atoms with Gasteiger partial charge in [0.25, 0.3) is 0 Å². The Morgan fingerprint density at radius 1 is 1.05 bits per heavy atom. The van der Waals surface area contributed by atoms with Crippen LogP contribution >= 0.6 is 11.8 Å². The van der Waals surface area contributed by atoms with E-state index in [4.69, 9.17) is 0 Å². The maximum atomic E-state index is 13.5. The number of hydrogen-bond donors (Lipinski definition) is 1. The molecule has 19 heavy (non-hydrogen) atoms. The molecule has 0 spiro atoms. The highest BCUT2D eigenvalue weighted by atomic mass is 32.2. The number of halogens is 2. The molecule has 0 amide bonds. The summed E-state index contributed by atoms with van der Waals surface area (Å²) in [5.41, 5.74) is 0.993. The van der Waals surface area contributed by atoms with Crippen LogP contribution in [-0.4, -0.2) is 12.8 Å². The second-order valence-corrected chi connectivity index (χ2v) is 5.20. The van der Waals surface area contributed by atoms with Crippen LogP contribution in [0.25, 0.3) is 0 Å². The van der Waals surface area contributed by atoms with Gasteiger partial charge >= 0.3 is 0 Å². The van der Waals surface area contributed by atoms with Crippen molar-refractivity contribution in [1.29, 1.82) is 0 Å². The molecule has 0 aliphatic heterocycles. The van der Waals surface area contributed by atoms with Crippen LogP contribution in [0.15, 0.2) is 53.4 Å². The first kappa shape index (κ1) is 14.0. The third-order valence-corrected chi connectivity index (χ3v) is 4.01. The third kappa shape index (κ3) is 3.78. The summed E-state index contributed by atoms with van der Waals surface area (Å²) < 4.78 is 26.4. The summed E-state index contributed by atoms with van der Waals surface area (Å²) in [6, 6.07) is 13.1. The van der Waals surface area contributed by atoms with Gasteiger partial charge in [0.2, 0.25) is 0 Å². The molecule has 1 unspecified atom stereocenters. The summed E-state index contributed by atoms with van der Waals surface area (Å²) >= 11 is 1.45. The summed E-state index contributed by atoms with van der Waals surface area (Å²) in [6.07, 6.45) is 0. The van der Waals surface area contributed by atoms with Crippen LogP contribution in [0, 0.1) is 11.6 Å². The molecular formula is C15H15F2NS. The molecule has 0 radical (unpaired) electrons. The number of rotatable bonds is 5. The molecule has 0 aliphatic rings. The van der Waals surface area contributed by atoms with Crippen molar-refractivity contribution >= 4 is 11.8 Å². The molecule has 1 atom stereocenters. The Morgan fingerprint density at radius 2 is 1.74 bits per heavy atom. The van der Waals surface area contributed by atoms with Gasteiger partial charge in [0.15, 0.2) is 0 Å². The monoisotopic (exact) mass is 279 g/mol. The molecule has 100 valence electrons. The van der Waals surface area contributed by atoms with E-state index < -0.39 is 0 Å². The van der Waals surface area contributed by atoms with Gasteiger partial charge in [-0.15, -0.1) is 11.8 Å². The average molecular weight is 279 g/mol. The minimum atomic E-state index is -0.250. The molecular weight excluding hydrogens is 264 g/mol. The second-order valence-electron chi connectivity index (χ2n) is 4.13. The first-order chi connectivity index (χ1) is 9.20. The SMILES string of the molecule is CNC(CSc1ccccc1F)c1ccc(F)cc1.